The Hall–Kier alpha value is -0.820. The van der Waals surface area contributed by atoms with E-state index in [4.69, 9.17) is 5.73 Å². The molecule has 1 fully saturated rings. The Bertz CT molecular complexity index is 304. The summed E-state index contributed by atoms with van der Waals surface area (Å²) in [5.41, 5.74) is 7.81. The highest BCUT2D eigenvalue weighted by atomic mass is 14.8. The summed E-state index contributed by atoms with van der Waals surface area (Å²) in [6, 6.07) is 11.1. The molecular weight excluding hydrogens is 170 g/mol. The first-order valence-electron chi connectivity index (χ1n) is 5.46. The second-order valence-electron chi connectivity index (χ2n) is 4.93. The molecule has 2 unspecified atom stereocenters. The van der Waals surface area contributed by atoms with E-state index < -0.39 is 0 Å². The lowest BCUT2D eigenvalue weighted by Gasteiger charge is -2.19. The van der Waals surface area contributed by atoms with Crippen LogP contribution in [0.5, 0.6) is 0 Å². The molecule has 1 aliphatic carbocycles. The quantitative estimate of drug-likeness (QED) is 0.777. The van der Waals surface area contributed by atoms with Gasteiger partial charge in [-0.2, -0.15) is 0 Å². The molecule has 0 saturated heterocycles. The third kappa shape index (κ3) is 1.57. The topological polar surface area (TPSA) is 26.0 Å². The van der Waals surface area contributed by atoms with Gasteiger partial charge >= 0.3 is 0 Å². The normalized spacial score (nSPS) is 30.7. The van der Waals surface area contributed by atoms with Gasteiger partial charge in [0, 0.05) is 11.5 Å². The van der Waals surface area contributed by atoms with Gasteiger partial charge in [0.15, 0.2) is 0 Å². The van der Waals surface area contributed by atoms with Crippen molar-refractivity contribution in [1.82, 2.24) is 0 Å². The fourth-order valence-electron chi connectivity index (χ4n) is 2.52. The minimum absolute atomic E-state index is 0.301. The molecule has 0 bridgehead atoms. The van der Waals surface area contributed by atoms with Crippen LogP contribution in [0.4, 0.5) is 0 Å². The molecule has 1 aliphatic rings. The number of benzene rings is 1. The highest BCUT2D eigenvalue weighted by Gasteiger charge is 2.52. The van der Waals surface area contributed by atoms with Gasteiger partial charge in [-0.05, 0) is 24.3 Å². The lowest BCUT2D eigenvalue weighted by Crippen LogP contribution is -2.20. The second kappa shape index (κ2) is 3.39. The lowest BCUT2D eigenvalue weighted by molar-refractivity contribution is 0.475. The van der Waals surface area contributed by atoms with Gasteiger partial charge in [0.25, 0.3) is 0 Å². The second-order valence-corrected chi connectivity index (χ2v) is 4.93. The molecule has 2 rings (SSSR count). The summed E-state index contributed by atoms with van der Waals surface area (Å²) in [6.07, 6.45) is 2.38. The average molecular weight is 189 g/mol. The molecule has 0 spiro atoms. The zero-order chi connectivity index (χ0) is 10.2. The first-order valence-corrected chi connectivity index (χ1v) is 5.46. The molecule has 2 N–H and O–H groups in total. The van der Waals surface area contributed by atoms with Crippen LogP contribution in [-0.4, -0.2) is 6.04 Å². The molecule has 76 valence electrons. The van der Waals surface area contributed by atoms with Crippen LogP contribution < -0.4 is 5.73 Å². The van der Waals surface area contributed by atoms with E-state index in [-0.39, 0.29) is 0 Å². The maximum atomic E-state index is 6.08. The first-order chi connectivity index (χ1) is 6.65. The highest BCUT2D eigenvalue weighted by Crippen LogP contribution is 2.51. The van der Waals surface area contributed by atoms with E-state index in [1.807, 2.05) is 0 Å². The molecule has 0 radical (unpaired) electrons. The van der Waals surface area contributed by atoms with E-state index in [0.717, 1.165) is 12.3 Å². The van der Waals surface area contributed by atoms with Crippen LogP contribution in [0, 0.1) is 5.92 Å². The molecule has 1 heteroatoms. The predicted octanol–water partition coefficient (Wildman–Crippen LogP) is 2.70. The minimum atomic E-state index is 0.301. The van der Waals surface area contributed by atoms with Crippen LogP contribution in [0.3, 0.4) is 0 Å². The fourth-order valence-corrected chi connectivity index (χ4v) is 2.52. The van der Waals surface area contributed by atoms with Crippen molar-refractivity contribution < 1.29 is 0 Å². The first kappa shape index (κ1) is 9.72. The average Bonchev–Trinajstić information content (AvgIpc) is 2.78. The molecule has 0 aromatic heterocycles. The number of nitrogens with two attached hydrogens (primary N) is 1. The molecule has 0 aliphatic heterocycles. The van der Waals surface area contributed by atoms with Crippen LogP contribution in [0.1, 0.15) is 32.3 Å². The fraction of sp³-hybridized carbons (Fsp3) is 0.538. The van der Waals surface area contributed by atoms with Crippen molar-refractivity contribution >= 4 is 0 Å². The minimum Gasteiger partial charge on any atom is -0.327 e. The Morgan fingerprint density at radius 2 is 1.93 bits per heavy atom. The molecule has 1 aromatic carbocycles. The zero-order valence-corrected chi connectivity index (χ0v) is 9.03. The predicted molar refractivity (Wildman–Crippen MR) is 60.2 cm³/mol. The molecule has 1 aromatic rings. The van der Waals surface area contributed by atoms with E-state index >= 15 is 0 Å². The molecular formula is C13H19N. The van der Waals surface area contributed by atoms with Gasteiger partial charge in [0.2, 0.25) is 0 Å². The van der Waals surface area contributed by atoms with Gasteiger partial charge in [0.05, 0.1) is 0 Å². The van der Waals surface area contributed by atoms with Crippen LogP contribution in [0.2, 0.25) is 0 Å². The third-order valence-electron chi connectivity index (χ3n) is 3.26. The van der Waals surface area contributed by atoms with Gasteiger partial charge in [-0.15, -0.1) is 0 Å². The molecule has 1 nitrogen and oxygen atoms in total. The molecule has 1 saturated carbocycles. The molecule has 0 heterocycles. The van der Waals surface area contributed by atoms with E-state index in [1.165, 1.54) is 12.0 Å². The zero-order valence-electron chi connectivity index (χ0n) is 9.03. The summed E-state index contributed by atoms with van der Waals surface area (Å²) in [5.74, 6) is 0.726. The van der Waals surface area contributed by atoms with Gasteiger partial charge in [-0.25, -0.2) is 0 Å². The van der Waals surface area contributed by atoms with Crippen LogP contribution in [0.25, 0.3) is 0 Å². The van der Waals surface area contributed by atoms with Crippen molar-refractivity contribution in [3.63, 3.8) is 0 Å². The summed E-state index contributed by atoms with van der Waals surface area (Å²) in [6.45, 7) is 4.55. The lowest BCUT2D eigenvalue weighted by atomic mass is 9.86. The van der Waals surface area contributed by atoms with Crippen molar-refractivity contribution in [2.45, 2.75) is 38.1 Å². The summed E-state index contributed by atoms with van der Waals surface area (Å²) >= 11 is 0. The molecule has 14 heavy (non-hydrogen) atoms. The Labute approximate surface area is 86.3 Å². The monoisotopic (exact) mass is 189 g/mol. The third-order valence-corrected chi connectivity index (χ3v) is 3.26. The summed E-state index contributed by atoms with van der Waals surface area (Å²) in [4.78, 5) is 0. The van der Waals surface area contributed by atoms with Crippen molar-refractivity contribution in [3.8, 4) is 0 Å². The maximum Gasteiger partial charge on any atom is 0.0146 e. The smallest absolute Gasteiger partial charge is 0.0146 e. The summed E-state index contributed by atoms with van der Waals surface area (Å²) < 4.78 is 0. The number of hydrogen-bond donors (Lipinski definition) is 1. The Morgan fingerprint density at radius 3 is 2.36 bits per heavy atom. The van der Waals surface area contributed by atoms with E-state index in [2.05, 4.69) is 44.2 Å². The van der Waals surface area contributed by atoms with Crippen LogP contribution >= 0.6 is 0 Å². The molecule has 0 amide bonds. The van der Waals surface area contributed by atoms with Crippen molar-refractivity contribution in [2.24, 2.45) is 11.7 Å². The SMILES string of the molecule is CC(C)CC1(c2ccccc2)CC1N. The van der Waals surface area contributed by atoms with Crippen LogP contribution in [0.15, 0.2) is 30.3 Å². The van der Waals surface area contributed by atoms with Crippen molar-refractivity contribution in [3.05, 3.63) is 35.9 Å². The maximum absolute atomic E-state index is 6.08. The van der Waals surface area contributed by atoms with E-state index in [1.54, 1.807) is 0 Å². The summed E-state index contributed by atoms with van der Waals surface area (Å²) in [7, 11) is 0. The number of hydrogen-bond acceptors (Lipinski definition) is 1. The van der Waals surface area contributed by atoms with Crippen molar-refractivity contribution in [2.75, 3.05) is 0 Å². The van der Waals surface area contributed by atoms with E-state index in [9.17, 15) is 0 Å². The van der Waals surface area contributed by atoms with Crippen LogP contribution in [-0.2, 0) is 5.41 Å². The Balaban J connectivity index is 2.23. The molecule has 2 atom stereocenters. The van der Waals surface area contributed by atoms with E-state index in [0.29, 0.717) is 11.5 Å². The van der Waals surface area contributed by atoms with Gasteiger partial charge in [-0.3, -0.25) is 0 Å². The van der Waals surface area contributed by atoms with Gasteiger partial charge < -0.3 is 5.73 Å². The highest BCUT2D eigenvalue weighted by molar-refractivity contribution is 5.35. The number of rotatable bonds is 3. The Kier molecular flexibility index (Phi) is 2.36. The Morgan fingerprint density at radius 1 is 1.36 bits per heavy atom. The van der Waals surface area contributed by atoms with Gasteiger partial charge in [0.1, 0.15) is 0 Å². The summed E-state index contributed by atoms with van der Waals surface area (Å²) in [5, 5.41) is 0. The standard InChI is InChI=1S/C13H19N/c1-10(2)8-13(9-12(13)14)11-6-4-3-5-7-11/h3-7,10,12H,8-9,14H2,1-2H3. The largest absolute Gasteiger partial charge is 0.327 e. The van der Waals surface area contributed by atoms with Crippen molar-refractivity contribution in [1.29, 1.82) is 0 Å². The van der Waals surface area contributed by atoms with Gasteiger partial charge in [-0.1, -0.05) is 44.2 Å².